The molecule has 0 aliphatic heterocycles. The Balaban J connectivity index is 2.83. The molecule has 31 heavy (non-hydrogen) atoms. The van der Waals surface area contributed by atoms with Crippen LogP contribution in [0.4, 0.5) is 5.69 Å². The number of nitro groups is 1. The minimum absolute atomic E-state index is 0.0523. The second kappa shape index (κ2) is 8.62. The molecule has 2 rings (SSSR count). The molecule has 0 amide bonds. The molecule has 0 aliphatic rings. The van der Waals surface area contributed by atoms with Gasteiger partial charge >= 0.3 is 11.9 Å². The number of esters is 2. The molecule has 1 aromatic heterocycles. The Morgan fingerprint density at radius 2 is 1.61 bits per heavy atom. The van der Waals surface area contributed by atoms with Crippen molar-refractivity contribution >= 4 is 28.5 Å². The van der Waals surface area contributed by atoms with Crippen LogP contribution in [0.25, 0.3) is 10.9 Å². The van der Waals surface area contributed by atoms with Gasteiger partial charge in [-0.1, -0.05) is 0 Å². The number of nitrogens with zero attached hydrogens (tertiary/aromatic N) is 4. The third kappa shape index (κ3) is 6.00. The summed E-state index contributed by atoms with van der Waals surface area (Å²) in [6.07, 6.45) is 0. The SMILES string of the molecule is CN(C)CCn1nc(C(=O)OC(C)(C)C)c2c(C(=O)OC(C)(C)C)c([N+](=O)[O-])ccc21. The highest BCUT2D eigenvalue weighted by Crippen LogP contribution is 2.33. The molecule has 0 atom stereocenters. The van der Waals surface area contributed by atoms with Crippen LogP contribution in [0.15, 0.2) is 12.1 Å². The van der Waals surface area contributed by atoms with E-state index in [0.717, 1.165) is 0 Å². The van der Waals surface area contributed by atoms with Crippen LogP contribution in [-0.4, -0.2) is 63.4 Å². The minimum Gasteiger partial charge on any atom is -0.456 e. The molecule has 0 bridgehead atoms. The second-order valence-electron chi connectivity index (χ2n) is 9.49. The Morgan fingerprint density at radius 1 is 1.06 bits per heavy atom. The van der Waals surface area contributed by atoms with Gasteiger partial charge in [0.15, 0.2) is 5.69 Å². The van der Waals surface area contributed by atoms with Crippen molar-refractivity contribution in [2.45, 2.75) is 59.3 Å². The molecule has 0 radical (unpaired) electrons. The fourth-order valence-corrected chi connectivity index (χ4v) is 2.88. The van der Waals surface area contributed by atoms with Gasteiger partial charge in [-0.05, 0) is 61.7 Å². The third-order valence-corrected chi connectivity index (χ3v) is 4.05. The van der Waals surface area contributed by atoms with Gasteiger partial charge in [0, 0.05) is 12.6 Å². The van der Waals surface area contributed by atoms with Crippen LogP contribution in [0.3, 0.4) is 0 Å². The molecule has 0 fully saturated rings. The zero-order valence-electron chi connectivity index (χ0n) is 19.3. The Bertz CT molecular complexity index is 1010. The summed E-state index contributed by atoms with van der Waals surface area (Å²) in [5.74, 6) is -1.67. The Kier molecular flexibility index (Phi) is 6.75. The number of likely N-dealkylation sites (N-methyl/N-ethyl adjacent to an activating group) is 1. The van der Waals surface area contributed by atoms with Crippen molar-refractivity contribution in [3.63, 3.8) is 0 Å². The van der Waals surface area contributed by atoms with E-state index in [1.165, 1.54) is 12.1 Å². The summed E-state index contributed by atoms with van der Waals surface area (Å²) >= 11 is 0. The van der Waals surface area contributed by atoms with Crippen molar-refractivity contribution in [3.8, 4) is 0 Å². The van der Waals surface area contributed by atoms with E-state index in [9.17, 15) is 19.7 Å². The van der Waals surface area contributed by atoms with Crippen molar-refractivity contribution in [3.05, 3.63) is 33.5 Å². The second-order valence-corrected chi connectivity index (χ2v) is 9.49. The van der Waals surface area contributed by atoms with Gasteiger partial charge in [0.1, 0.15) is 16.8 Å². The lowest BCUT2D eigenvalue weighted by molar-refractivity contribution is -0.385. The lowest BCUT2D eigenvalue weighted by Crippen LogP contribution is -2.26. The number of nitro benzene ring substituents is 1. The summed E-state index contributed by atoms with van der Waals surface area (Å²) < 4.78 is 12.4. The highest BCUT2D eigenvalue weighted by atomic mass is 16.6. The number of ether oxygens (including phenoxy) is 2. The number of fused-ring (bicyclic) bond motifs is 1. The maximum absolute atomic E-state index is 13.0. The average Bonchev–Trinajstić information content (AvgIpc) is 2.94. The molecule has 0 unspecified atom stereocenters. The maximum atomic E-state index is 13.0. The van der Waals surface area contributed by atoms with Crippen molar-refractivity contribution in [1.82, 2.24) is 14.7 Å². The van der Waals surface area contributed by atoms with Gasteiger partial charge in [-0.2, -0.15) is 5.10 Å². The largest absolute Gasteiger partial charge is 0.456 e. The molecule has 170 valence electrons. The highest BCUT2D eigenvalue weighted by molar-refractivity contribution is 6.14. The summed E-state index contributed by atoms with van der Waals surface area (Å²) in [7, 11) is 3.77. The van der Waals surface area contributed by atoms with E-state index < -0.39 is 33.8 Å². The van der Waals surface area contributed by atoms with Crippen LogP contribution < -0.4 is 0 Å². The van der Waals surface area contributed by atoms with Crippen molar-refractivity contribution in [2.75, 3.05) is 20.6 Å². The molecule has 0 saturated carbocycles. The molecule has 10 heteroatoms. The Morgan fingerprint density at radius 3 is 2.10 bits per heavy atom. The van der Waals surface area contributed by atoms with Gasteiger partial charge in [0.2, 0.25) is 0 Å². The maximum Gasteiger partial charge on any atom is 0.360 e. The molecule has 1 heterocycles. The zero-order chi connectivity index (χ0) is 23.7. The van der Waals surface area contributed by atoms with Gasteiger partial charge in [0.05, 0.1) is 22.4 Å². The molecule has 10 nitrogen and oxygen atoms in total. The molecule has 0 saturated heterocycles. The predicted molar refractivity (Wildman–Crippen MR) is 115 cm³/mol. The van der Waals surface area contributed by atoms with Gasteiger partial charge in [0.25, 0.3) is 5.69 Å². The third-order valence-electron chi connectivity index (χ3n) is 4.05. The Hall–Kier alpha value is -3.01. The van der Waals surface area contributed by atoms with Gasteiger partial charge in [-0.3, -0.25) is 14.8 Å². The summed E-state index contributed by atoms with van der Waals surface area (Å²) in [4.78, 5) is 38.9. The number of carbonyl (C=O) groups is 2. The number of carbonyl (C=O) groups excluding carboxylic acids is 2. The number of rotatable bonds is 6. The Labute approximate surface area is 181 Å². The molecule has 0 N–H and O–H groups in total. The first-order valence-corrected chi connectivity index (χ1v) is 9.90. The van der Waals surface area contributed by atoms with E-state index >= 15 is 0 Å². The lowest BCUT2D eigenvalue weighted by atomic mass is 10.0. The van der Waals surface area contributed by atoms with Crippen LogP contribution in [0.2, 0.25) is 0 Å². The van der Waals surface area contributed by atoms with Crippen LogP contribution >= 0.6 is 0 Å². The van der Waals surface area contributed by atoms with Crippen LogP contribution in [0, 0.1) is 10.1 Å². The molecule has 0 spiro atoms. The summed E-state index contributed by atoms with van der Waals surface area (Å²) in [6, 6.07) is 2.71. The van der Waals surface area contributed by atoms with E-state index in [2.05, 4.69) is 5.10 Å². The fraction of sp³-hybridized carbons (Fsp3) is 0.571. The zero-order valence-corrected chi connectivity index (χ0v) is 19.3. The van der Waals surface area contributed by atoms with Crippen molar-refractivity contribution < 1.29 is 24.0 Å². The van der Waals surface area contributed by atoms with Crippen LogP contribution in [0.5, 0.6) is 0 Å². The van der Waals surface area contributed by atoms with Gasteiger partial charge < -0.3 is 14.4 Å². The number of aromatic nitrogens is 2. The number of hydrogen-bond donors (Lipinski definition) is 0. The quantitative estimate of drug-likeness (QED) is 0.386. The fourth-order valence-electron chi connectivity index (χ4n) is 2.88. The first-order chi connectivity index (χ1) is 14.1. The number of benzene rings is 1. The van der Waals surface area contributed by atoms with Gasteiger partial charge in [-0.15, -0.1) is 0 Å². The molecular weight excluding hydrogens is 404 g/mol. The summed E-state index contributed by atoms with van der Waals surface area (Å²) in [5.41, 5.74) is -2.22. The monoisotopic (exact) mass is 434 g/mol. The molecular formula is C21H30N4O6. The van der Waals surface area contributed by atoms with Crippen LogP contribution in [-0.2, 0) is 16.0 Å². The molecule has 2 aromatic rings. The normalized spacial score (nSPS) is 12.3. The molecule has 0 aliphatic carbocycles. The first-order valence-electron chi connectivity index (χ1n) is 9.90. The van der Waals surface area contributed by atoms with E-state index in [-0.39, 0.29) is 16.6 Å². The van der Waals surface area contributed by atoms with E-state index in [1.54, 1.807) is 46.2 Å². The highest BCUT2D eigenvalue weighted by Gasteiger charge is 2.34. The lowest BCUT2D eigenvalue weighted by Gasteiger charge is -2.20. The first kappa shape index (κ1) is 24.3. The van der Waals surface area contributed by atoms with Gasteiger partial charge in [-0.25, -0.2) is 9.59 Å². The van der Waals surface area contributed by atoms with E-state index in [4.69, 9.17) is 9.47 Å². The van der Waals surface area contributed by atoms with E-state index in [1.807, 2.05) is 19.0 Å². The van der Waals surface area contributed by atoms with Crippen molar-refractivity contribution in [1.29, 1.82) is 0 Å². The number of hydrogen-bond acceptors (Lipinski definition) is 8. The topological polar surface area (TPSA) is 117 Å². The average molecular weight is 434 g/mol. The van der Waals surface area contributed by atoms with E-state index in [0.29, 0.717) is 18.6 Å². The standard InChI is InChI=1S/C21H30N4O6/c1-20(2,3)30-18(26)16-14(25(28)29)10-9-13-15(16)17(19(27)31-21(4,5)6)22-24(13)12-11-23(7)8/h9-10H,11-12H2,1-8H3. The smallest absolute Gasteiger partial charge is 0.360 e. The predicted octanol–water partition coefficient (Wildman–Crippen LogP) is 3.42. The van der Waals surface area contributed by atoms with Crippen LogP contribution in [0.1, 0.15) is 62.4 Å². The molecule has 1 aromatic carbocycles. The summed E-state index contributed by atoms with van der Waals surface area (Å²) in [6.45, 7) is 11.1. The summed E-state index contributed by atoms with van der Waals surface area (Å²) in [5, 5.41) is 16.1. The minimum atomic E-state index is -0.901. The van der Waals surface area contributed by atoms with Crippen molar-refractivity contribution in [2.24, 2.45) is 0 Å².